The van der Waals surface area contributed by atoms with Crippen LogP contribution in [0.15, 0.2) is 28.9 Å². The third kappa shape index (κ3) is 3.13. The topological polar surface area (TPSA) is 37.8 Å². The summed E-state index contributed by atoms with van der Waals surface area (Å²) in [4.78, 5) is 0.917. The summed E-state index contributed by atoms with van der Waals surface area (Å²) < 4.78 is 18.6. The van der Waals surface area contributed by atoms with E-state index in [4.69, 9.17) is 0 Å². The normalized spacial score (nSPS) is 12.6. The molecule has 1 unspecified atom stereocenters. The largest absolute Gasteiger partial charge is 0.305 e. The summed E-state index contributed by atoms with van der Waals surface area (Å²) in [6, 6.07) is 4.76. The highest BCUT2D eigenvalue weighted by Gasteiger charge is 2.19. The highest BCUT2D eigenvalue weighted by molar-refractivity contribution is 9.10. The van der Waals surface area contributed by atoms with Gasteiger partial charge in [0.15, 0.2) is 0 Å². The Kier molecular flexibility index (Phi) is 4.79. The number of nitrogens with zero attached hydrogens (tertiary/aromatic N) is 2. The van der Waals surface area contributed by atoms with Crippen molar-refractivity contribution in [3.8, 4) is 0 Å². The Morgan fingerprint density at radius 2 is 2.33 bits per heavy atom. The zero-order chi connectivity index (χ0) is 13.0. The Balaban J connectivity index is 2.36. The van der Waals surface area contributed by atoms with Gasteiger partial charge in [-0.15, -0.1) is 5.10 Å². The number of halogens is 2. The Labute approximate surface area is 118 Å². The summed E-state index contributed by atoms with van der Waals surface area (Å²) in [7, 11) is 0. The van der Waals surface area contributed by atoms with Gasteiger partial charge >= 0.3 is 0 Å². The maximum atomic E-state index is 13.9. The Hall–Kier alpha value is -0.850. The first-order valence-electron chi connectivity index (χ1n) is 5.68. The molecule has 0 radical (unpaired) electrons. The number of hydrogen-bond acceptors (Lipinski definition) is 4. The summed E-state index contributed by atoms with van der Waals surface area (Å²) in [6.07, 6.45) is 2.66. The number of aromatic nitrogens is 2. The fourth-order valence-electron chi connectivity index (χ4n) is 1.69. The lowest BCUT2D eigenvalue weighted by Gasteiger charge is -2.17. The molecule has 0 fully saturated rings. The molecule has 1 atom stereocenters. The lowest BCUT2D eigenvalue weighted by Crippen LogP contribution is -2.23. The van der Waals surface area contributed by atoms with E-state index in [0.717, 1.165) is 22.3 Å². The first-order valence-corrected chi connectivity index (χ1v) is 7.24. The van der Waals surface area contributed by atoms with E-state index in [1.807, 2.05) is 0 Å². The predicted octanol–water partition coefficient (Wildman–Crippen LogP) is 3.53. The van der Waals surface area contributed by atoms with Gasteiger partial charge in [-0.3, -0.25) is 0 Å². The lowest BCUT2D eigenvalue weighted by molar-refractivity contribution is 0.550. The number of rotatable bonds is 5. The van der Waals surface area contributed by atoms with Gasteiger partial charge in [0, 0.05) is 10.0 Å². The van der Waals surface area contributed by atoms with E-state index >= 15 is 0 Å². The van der Waals surface area contributed by atoms with Crippen LogP contribution in [0, 0.1) is 5.82 Å². The summed E-state index contributed by atoms with van der Waals surface area (Å²) in [5, 5.41) is 7.15. The van der Waals surface area contributed by atoms with Crippen LogP contribution in [-0.2, 0) is 0 Å². The zero-order valence-electron chi connectivity index (χ0n) is 9.86. The lowest BCUT2D eigenvalue weighted by atomic mass is 10.1. The van der Waals surface area contributed by atoms with Crippen LogP contribution in [0.4, 0.5) is 4.39 Å². The van der Waals surface area contributed by atoms with Crippen LogP contribution in [-0.4, -0.2) is 16.1 Å². The molecule has 2 aromatic rings. The van der Waals surface area contributed by atoms with Gasteiger partial charge in [0.05, 0.1) is 17.1 Å². The van der Waals surface area contributed by atoms with Gasteiger partial charge in [-0.25, -0.2) is 4.39 Å². The second kappa shape index (κ2) is 6.36. The molecule has 0 saturated carbocycles. The molecule has 0 aliphatic carbocycles. The van der Waals surface area contributed by atoms with Crippen LogP contribution in [0.25, 0.3) is 0 Å². The molecule has 18 heavy (non-hydrogen) atoms. The van der Waals surface area contributed by atoms with Crippen LogP contribution in [0.1, 0.15) is 29.8 Å². The standard InChI is InChI=1S/C12H13BrFN3S/c1-2-5-15-12(11-7-16-17-18-11)9-6-8(13)3-4-10(9)14/h3-4,6-7,12,15H,2,5H2,1H3. The minimum Gasteiger partial charge on any atom is -0.305 e. The van der Waals surface area contributed by atoms with E-state index in [2.05, 4.69) is 37.8 Å². The average molecular weight is 330 g/mol. The van der Waals surface area contributed by atoms with Gasteiger partial charge < -0.3 is 5.32 Å². The number of nitrogens with one attached hydrogen (secondary N) is 1. The summed E-state index contributed by atoms with van der Waals surface area (Å²) in [6.45, 7) is 2.89. The predicted molar refractivity (Wildman–Crippen MR) is 74.1 cm³/mol. The maximum absolute atomic E-state index is 13.9. The molecule has 0 saturated heterocycles. The molecular formula is C12H13BrFN3S. The fraction of sp³-hybridized carbons (Fsp3) is 0.333. The summed E-state index contributed by atoms with van der Waals surface area (Å²) in [5.74, 6) is -0.222. The van der Waals surface area contributed by atoms with Gasteiger partial charge in [0.2, 0.25) is 0 Å². The molecule has 0 aliphatic rings. The molecular weight excluding hydrogens is 317 g/mol. The minimum atomic E-state index is -0.222. The van der Waals surface area contributed by atoms with Crippen molar-refractivity contribution >= 4 is 27.5 Å². The van der Waals surface area contributed by atoms with E-state index in [-0.39, 0.29) is 11.9 Å². The van der Waals surface area contributed by atoms with Crippen molar-refractivity contribution < 1.29 is 4.39 Å². The van der Waals surface area contributed by atoms with Gasteiger partial charge in [-0.1, -0.05) is 27.3 Å². The highest BCUT2D eigenvalue weighted by atomic mass is 79.9. The smallest absolute Gasteiger partial charge is 0.128 e. The van der Waals surface area contributed by atoms with Crippen molar-refractivity contribution in [1.29, 1.82) is 0 Å². The molecule has 3 nitrogen and oxygen atoms in total. The van der Waals surface area contributed by atoms with Crippen LogP contribution in [0.5, 0.6) is 0 Å². The fourth-order valence-corrected chi connectivity index (χ4v) is 2.67. The number of hydrogen-bond donors (Lipinski definition) is 1. The van der Waals surface area contributed by atoms with Gasteiger partial charge in [-0.2, -0.15) is 0 Å². The molecule has 0 amide bonds. The maximum Gasteiger partial charge on any atom is 0.128 e. The Morgan fingerprint density at radius 1 is 1.50 bits per heavy atom. The highest BCUT2D eigenvalue weighted by Crippen LogP contribution is 2.28. The van der Waals surface area contributed by atoms with E-state index in [1.54, 1.807) is 18.3 Å². The van der Waals surface area contributed by atoms with Gasteiger partial charge in [-0.05, 0) is 42.7 Å². The first kappa shape index (κ1) is 13.6. The molecule has 96 valence electrons. The van der Waals surface area contributed by atoms with Gasteiger partial charge in [0.25, 0.3) is 0 Å². The summed E-state index contributed by atoms with van der Waals surface area (Å²) in [5.41, 5.74) is 0.615. The van der Waals surface area contributed by atoms with Crippen LogP contribution in [0.2, 0.25) is 0 Å². The molecule has 0 aliphatic heterocycles. The van der Waals surface area contributed by atoms with E-state index < -0.39 is 0 Å². The molecule has 0 spiro atoms. The molecule has 2 rings (SSSR count). The zero-order valence-corrected chi connectivity index (χ0v) is 12.3. The van der Waals surface area contributed by atoms with Crippen molar-refractivity contribution in [3.63, 3.8) is 0 Å². The molecule has 1 N–H and O–H groups in total. The van der Waals surface area contributed by atoms with Crippen LogP contribution in [0.3, 0.4) is 0 Å². The molecule has 0 bridgehead atoms. The minimum absolute atomic E-state index is 0.192. The summed E-state index contributed by atoms with van der Waals surface area (Å²) >= 11 is 4.66. The van der Waals surface area contributed by atoms with E-state index in [9.17, 15) is 4.39 Å². The molecule has 1 aromatic heterocycles. The van der Waals surface area contributed by atoms with Crippen molar-refractivity contribution in [2.24, 2.45) is 0 Å². The van der Waals surface area contributed by atoms with E-state index in [1.165, 1.54) is 17.6 Å². The second-order valence-electron chi connectivity index (χ2n) is 3.87. The Bertz CT molecular complexity index is 504. The van der Waals surface area contributed by atoms with Gasteiger partial charge in [0.1, 0.15) is 5.82 Å². The van der Waals surface area contributed by atoms with Crippen molar-refractivity contribution in [3.05, 3.63) is 45.1 Å². The third-order valence-electron chi connectivity index (χ3n) is 2.53. The van der Waals surface area contributed by atoms with Crippen LogP contribution < -0.4 is 5.32 Å². The third-order valence-corrected chi connectivity index (χ3v) is 3.75. The molecule has 1 heterocycles. The number of benzene rings is 1. The first-order chi connectivity index (χ1) is 8.72. The van der Waals surface area contributed by atoms with E-state index in [0.29, 0.717) is 5.56 Å². The quantitative estimate of drug-likeness (QED) is 0.911. The van der Waals surface area contributed by atoms with Crippen molar-refractivity contribution in [2.75, 3.05) is 6.54 Å². The molecule has 6 heteroatoms. The monoisotopic (exact) mass is 329 g/mol. The SMILES string of the molecule is CCCNC(c1cnns1)c1cc(Br)ccc1F. The van der Waals surface area contributed by atoms with Crippen molar-refractivity contribution in [1.82, 2.24) is 14.9 Å². The molecule has 1 aromatic carbocycles. The Morgan fingerprint density at radius 3 is 3.00 bits per heavy atom. The van der Waals surface area contributed by atoms with Crippen molar-refractivity contribution in [2.45, 2.75) is 19.4 Å². The van der Waals surface area contributed by atoms with Crippen LogP contribution >= 0.6 is 27.5 Å². The second-order valence-corrected chi connectivity index (χ2v) is 5.61. The average Bonchev–Trinajstić information content (AvgIpc) is 2.88.